The van der Waals surface area contributed by atoms with Crippen molar-refractivity contribution < 1.29 is 4.79 Å². The van der Waals surface area contributed by atoms with Crippen LogP contribution in [-0.4, -0.2) is 43.3 Å². The van der Waals surface area contributed by atoms with E-state index in [1.165, 1.54) is 18.2 Å². The molecule has 0 bridgehead atoms. The van der Waals surface area contributed by atoms with Gasteiger partial charge in [0, 0.05) is 12.2 Å². The predicted molar refractivity (Wildman–Crippen MR) is 93.8 cm³/mol. The van der Waals surface area contributed by atoms with Crippen LogP contribution >= 0.6 is 11.8 Å². The lowest BCUT2D eigenvalue weighted by Gasteiger charge is -2.26. The molecule has 1 aliphatic carbocycles. The maximum Gasteiger partial charge on any atom is 0.237 e. The summed E-state index contributed by atoms with van der Waals surface area (Å²) in [5.74, 6) is 0.441. The molecule has 7 heteroatoms. The van der Waals surface area contributed by atoms with Crippen LogP contribution in [0.15, 0.2) is 47.3 Å². The van der Waals surface area contributed by atoms with Crippen molar-refractivity contribution >= 4 is 17.7 Å². The average molecular weight is 343 g/mol. The molecule has 0 saturated heterocycles. The summed E-state index contributed by atoms with van der Waals surface area (Å²) in [4.78, 5) is 14.5. The fourth-order valence-corrected chi connectivity index (χ4v) is 3.58. The summed E-state index contributed by atoms with van der Waals surface area (Å²) in [6, 6.07) is 9.69. The highest BCUT2D eigenvalue weighted by molar-refractivity contribution is 7.99. The van der Waals surface area contributed by atoms with Gasteiger partial charge in [-0.15, -0.1) is 5.10 Å². The van der Waals surface area contributed by atoms with E-state index in [4.69, 9.17) is 0 Å². The molecule has 1 aliphatic rings. The van der Waals surface area contributed by atoms with Crippen molar-refractivity contribution in [2.45, 2.75) is 37.8 Å². The van der Waals surface area contributed by atoms with Gasteiger partial charge >= 0.3 is 0 Å². The molecular weight excluding hydrogens is 322 g/mol. The number of rotatable bonds is 6. The van der Waals surface area contributed by atoms with Crippen LogP contribution in [-0.2, 0) is 4.79 Å². The highest BCUT2D eigenvalue weighted by Crippen LogP contribution is 2.23. The van der Waals surface area contributed by atoms with Crippen LogP contribution in [0.25, 0.3) is 5.69 Å². The van der Waals surface area contributed by atoms with Gasteiger partial charge in [-0.2, -0.15) is 4.68 Å². The number of carbonyl (C=O) groups is 1. The van der Waals surface area contributed by atoms with E-state index in [1.807, 2.05) is 42.2 Å². The van der Waals surface area contributed by atoms with Crippen molar-refractivity contribution in [3.05, 3.63) is 42.1 Å². The van der Waals surface area contributed by atoms with Crippen LogP contribution in [0.5, 0.6) is 0 Å². The molecule has 0 unspecified atom stereocenters. The lowest BCUT2D eigenvalue weighted by Crippen LogP contribution is -2.32. The van der Waals surface area contributed by atoms with E-state index in [9.17, 15) is 4.79 Å². The van der Waals surface area contributed by atoms with E-state index in [0.717, 1.165) is 30.6 Å². The van der Waals surface area contributed by atoms with Crippen LogP contribution in [0.4, 0.5) is 0 Å². The Morgan fingerprint density at radius 2 is 2.12 bits per heavy atom. The van der Waals surface area contributed by atoms with Crippen molar-refractivity contribution in [3.63, 3.8) is 0 Å². The summed E-state index contributed by atoms with van der Waals surface area (Å²) in [7, 11) is 0. The number of tetrazole rings is 1. The van der Waals surface area contributed by atoms with Crippen molar-refractivity contribution in [1.82, 2.24) is 25.1 Å². The zero-order chi connectivity index (χ0) is 16.8. The first kappa shape index (κ1) is 16.7. The molecule has 6 nitrogen and oxygen atoms in total. The van der Waals surface area contributed by atoms with Crippen molar-refractivity contribution in [2.75, 3.05) is 12.3 Å². The molecule has 0 aliphatic heterocycles. The molecule has 24 heavy (non-hydrogen) atoms. The SMILES string of the molecule is CCN(C(=O)CSc1nnnn1-c1ccccc1)C1=CCCCC1. The minimum Gasteiger partial charge on any atom is -0.316 e. The number of amides is 1. The van der Waals surface area contributed by atoms with Crippen molar-refractivity contribution in [1.29, 1.82) is 0 Å². The van der Waals surface area contributed by atoms with E-state index in [-0.39, 0.29) is 5.91 Å². The third kappa shape index (κ3) is 3.84. The Kier molecular flexibility index (Phi) is 5.63. The third-order valence-electron chi connectivity index (χ3n) is 4.00. The Morgan fingerprint density at radius 3 is 2.83 bits per heavy atom. The highest BCUT2D eigenvalue weighted by Gasteiger charge is 2.19. The van der Waals surface area contributed by atoms with Crippen LogP contribution in [0.1, 0.15) is 32.6 Å². The van der Waals surface area contributed by atoms with Crippen LogP contribution in [0, 0.1) is 0 Å². The molecule has 1 aromatic heterocycles. The molecule has 0 saturated carbocycles. The molecule has 1 aromatic carbocycles. The van der Waals surface area contributed by atoms with Gasteiger partial charge in [-0.1, -0.05) is 36.0 Å². The number of nitrogens with zero attached hydrogens (tertiary/aromatic N) is 5. The number of thioether (sulfide) groups is 1. The molecule has 0 spiro atoms. The van der Waals surface area contributed by atoms with Gasteiger partial charge in [0.1, 0.15) is 0 Å². The Bertz CT molecular complexity index is 713. The molecule has 0 radical (unpaired) electrons. The summed E-state index contributed by atoms with van der Waals surface area (Å²) >= 11 is 1.37. The lowest BCUT2D eigenvalue weighted by molar-refractivity contribution is -0.126. The largest absolute Gasteiger partial charge is 0.316 e. The Hall–Kier alpha value is -2.15. The fraction of sp³-hybridized carbons (Fsp3) is 0.412. The van der Waals surface area contributed by atoms with Gasteiger partial charge < -0.3 is 4.90 Å². The van der Waals surface area contributed by atoms with E-state index < -0.39 is 0 Å². The van der Waals surface area contributed by atoms with Gasteiger partial charge in [0.2, 0.25) is 11.1 Å². The lowest BCUT2D eigenvalue weighted by atomic mass is 10.0. The molecular formula is C17H21N5OS. The van der Waals surface area contributed by atoms with Gasteiger partial charge in [-0.05, 0) is 55.2 Å². The second-order valence-electron chi connectivity index (χ2n) is 5.58. The minimum atomic E-state index is 0.110. The molecule has 0 N–H and O–H groups in total. The summed E-state index contributed by atoms with van der Waals surface area (Å²) in [5, 5.41) is 12.4. The third-order valence-corrected chi connectivity index (χ3v) is 4.90. The average Bonchev–Trinajstić information content (AvgIpc) is 3.11. The maximum absolute atomic E-state index is 12.6. The smallest absolute Gasteiger partial charge is 0.237 e. The topological polar surface area (TPSA) is 63.9 Å². The van der Waals surface area contributed by atoms with E-state index in [2.05, 4.69) is 21.6 Å². The Morgan fingerprint density at radius 1 is 1.29 bits per heavy atom. The number of benzene rings is 1. The van der Waals surface area contributed by atoms with Gasteiger partial charge in [0.05, 0.1) is 11.4 Å². The fourth-order valence-electron chi connectivity index (χ4n) is 2.81. The first-order chi connectivity index (χ1) is 11.8. The molecule has 0 atom stereocenters. The van der Waals surface area contributed by atoms with Crippen LogP contribution in [0.2, 0.25) is 0 Å². The monoisotopic (exact) mass is 343 g/mol. The number of allylic oxidation sites excluding steroid dienone is 2. The second-order valence-corrected chi connectivity index (χ2v) is 6.52. The molecule has 0 fully saturated rings. The number of hydrogen-bond donors (Lipinski definition) is 0. The summed E-state index contributed by atoms with van der Waals surface area (Å²) in [6.45, 7) is 2.72. The molecule has 3 rings (SSSR count). The molecule has 1 amide bonds. The Labute approximate surface area is 145 Å². The Balaban J connectivity index is 1.66. The minimum absolute atomic E-state index is 0.110. The summed E-state index contributed by atoms with van der Waals surface area (Å²) < 4.78 is 1.66. The van der Waals surface area contributed by atoms with Crippen LogP contribution in [0.3, 0.4) is 0 Å². The standard InChI is InChI=1S/C17H21N5OS/c1-2-21(14-9-5-3-6-10-14)16(23)13-24-17-18-19-20-22(17)15-11-7-4-8-12-15/h4,7-9,11-12H,2-3,5-6,10,13H2,1H3. The number of aromatic nitrogens is 4. The quantitative estimate of drug-likeness (QED) is 0.754. The zero-order valence-corrected chi connectivity index (χ0v) is 14.6. The number of carbonyl (C=O) groups excluding carboxylic acids is 1. The second kappa shape index (κ2) is 8.10. The first-order valence-corrected chi connectivity index (χ1v) is 9.24. The van der Waals surface area contributed by atoms with Crippen LogP contribution < -0.4 is 0 Å². The molecule has 2 aromatic rings. The molecule has 126 valence electrons. The van der Waals surface area contributed by atoms with E-state index in [0.29, 0.717) is 17.5 Å². The zero-order valence-electron chi connectivity index (χ0n) is 13.8. The molecule has 1 heterocycles. The van der Waals surface area contributed by atoms with Gasteiger partial charge in [0.25, 0.3) is 0 Å². The van der Waals surface area contributed by atoms with Gasteiger partial charge in [-0.25, -0.2) is 0 Å². The van der Waals surface area contributed by atoms with Gasteiger partial charge in [-0.3, -0.25) is 4.79 Å². The predicted octanol–water partition coefficient (Wildman–Crippen LogP) is 3.06. The first-order valence-electron chi connectivity index (χ1n) is 8.25. The van der Waals surface area contributed by atoms with Gasteiger partial charge in [0.15, 0.2) is 0 Å². The maximum atomic E-state index is 12.6. The van der Waals surface area contributed by atoms with Crippen molar-refractivity contribution in [3.8, 4) is 5.69 Å². The van der Waals surface area contributed by atoms with E-state index in [1.54, 1.807) is 4.68 Å². The summed E-state index contributed by atoms with van der Waals surface area (Å²) in [6.07, 6.45) is 6.64. The number of para-hydroxylation sites is 1. The van der Waals surface area contributed by atoms with E-state index >= 15 is 0 Å². The highest BCUT2D eigenvalue weighted by atomic mass is 32.2. The summed E-state index contributed by atoms with van der Waals surface area (Å²) in [5.41, 5.74) is 2.05. The number of hydrogen-bond acceptors (Lipinski definition) is 5. The normalized spacial score (nSPS) is 14.3. The van der Waals surface area contributed by atoms with Crippen molar-refractivity contribution in [2.24, 2.45) is 0 Å².